The van der Waals surface area contributed by atoms with E-state index in [2.05, 4.69) is 18.4 Å². The van der Waals surface area contributed by atoms with Crippen LogP contribution in [0.2, 0.25) is 0 Å². The summed E-state index contributed by atoms with van der Waals surface area (Å²) >= 11 is 0. The monoisotopic (exact) mass is 239 g/mol. The van der Waals surface area contributed by atoms with Crippen LogP contribution in [0.3, 0.4) is 0 Å². The first-order chi connectivity index (χ1) is 8.00. The van der Waals surface area contributed by atoms with Crippen LogP contribution in [-0.2, 0) is 4.74 Å². The molecule has 0 unspecified atom stereocenters. The van der Waals surface area contributed by atoms with Crippen LogP contribution in [0.5, 0.6) is 0 Å². The first-order valence-corrected chi connectivity index (χ1v) is 6.70. The van der Waals surface area contributed by atoms with Crippen molar-refractivity contribution in [1.82, 2.24) is 4.90 Å². The fourth-order valence-electron chi connectivity index (χ4n) is 3.15. The minimum Gasteiger partial charge on any atom is -0.389 e. The van der Waals surface area contributed by atoms with Gasteiger partial charge in [0.15, 0.2) is 0 Å². The lowest BCUT2D eigenvalue weighted by Crippen LogP contribution is -2.57. The molecule has 0 aromatic carbocycles. The molecule has 1 aliphatic heterocycles. The number of morpholine rings is 1. The molecule has 0 bridgehead atoms. The van der Waals surface area contributed by atoms with Crippen LogP contribution in [0.25, 0.3) is 0 Å². The summed E-state index contributed by atoms with van der Waals surface area (Å²) in [7, 11) is 0. The molecular weight excluding hydrogens is 214 g/mol. The van der Waals surface area contributed by atoms with Crippen LogP contribution < -0.4 is 0 Å². The number of hydrogen-bond donors (Lipinski definition) is 1. The molecule has 0 spiro atoms. The first-order valence-electron chi connectivity index (χ1n) is 6.70. The Bertz CT molecular complexity index is 282. The van der Waals surface area contributed by atoms with E-state index in [-0.39, 0.29) is 6.04 Å². The van der Waals surface area contributed by atoms with E-state index in [0.29, 0.717) is 5.92 Å². The minimum atomic E-state index is -0.552. The molecular formula is C14H25NO2. The van der Waals surface area contributed by atoms with Gasteiger partial charge in [0.25, 0.3) is 0 Å². The molecule has 3 nitrogen and oxygen atoms in total. The Morgan fingerprint density at radius 2 is 2.06 bits per heavy atom. The second kappa shape index (κ2) is 5.09. The van der Waals surface area contributed by atoms with Gasteiger partial charge in [-0.2, -0.15) is 0 Å². The van der Waals surface area contributed by atoms with Crippen molar-refractivity contribution in [2.24, 2.45) is 5.92 Å². The number of allylic oxidation sites excluding steroid dienone is 1. The van der Waals surface area contributed by atoms with Crippen molar-refractivity contribution in [2.75, 3.05) is 26.3 Å². The number of hydrogen-bond acceptors (Lipinski definition) is 3. The van der Waals surface area contributed by atoms with Gasteiger partial charge in [-0.1, -0.05) is 12.2 Å². The van der Waals surface area contributed by atoms with Crippen LogP contribution in [0, 0.1) is 5.92 Å². The maximum atomic E-state index is 10.6. The molecule has 0 radical (unpaired) electrons. The van der Waals surface area contributed by atoms with E-state index in [9.17, 15) is 5.11 Å². The molecule has 1 saturated heterocycles. The molecule has 17 heavy (non-hydrogen) atoms. The van der Waals surface area contributed by atoms with Crippen molar-refractivity contribution in [3.05, 3.63) is 12.2 Å². The zero-order chi connectivity index (χ0) is 12.5. The predicted octanol–water partition coefficient (Wildman–Crippen LogP) is 1.81. The van der Waals surface area contributed by atoms with Gasteiger partial charge in [0.05, 0.1) is 18.8 Å². The highest BCUT2D eigenvalue weighted by atomic mass is 16.5. The lowest BCUT2D eigenvalue weighted by atomic mass is 9.73. The Morgan fingerprint density at radius 1 is 1.41 bits per heavy atom. The van der Waals surface area contributed by atoms with Gasteiger partial charge < -0.3 is 9.84 Å². The first kappa shape index (κ1) is 13.1. The molecule has 3 atom stereocenters. The van der Waals surface area contributed by atoms with Gasteiger partial charge in [-0.05, 0) is 39.0 Å². The van der Waals surface area contributed by atoms with E-state index in [0.717, 1.165) is 45.6 Å². The lowest BCUT2D eigenvalue weighted by molar-refractivity contribution is -0.0938. The topological polar surface area (TPSA) is 32.7 Å². The normalized spacial score (nSPS) is 40.2. The summed E-state index contributed by atoms with van der Waals surface area (Å²) in [6.45, 7) is 11.7. The van der Waals surface area contributed by atoms with Crippen LogP contribution in [-0.4, -0.2) is 48.0 Å². The summed E-state index contributed by atoms with van der Waals surface area (Å²) < 4.78 is 5.39. The van der Waals surface area contributed by atoms with Gasteiger partial charge in [-0.3, -0.25) is 4.90 Å². The van der Waals surface area contributed by atoms with Gasteiger partial charge in [-0.25, -0.2) is 0 Å². The van der Waals surface area contributed by atoms with Crippen LogP contribution in [0.4, 0.5) is 0 Å². The summed E-state index contributed by atoms with van der Waals surface area (Å²) in [5.41, 5.74) is 0.710. The highest BCUT2D eigenvalue weighted by Crippen LogP contribution is 2.38. The third-order valence-corrected chi connectivity index (χ3v) is 4.41. The second-order valence-electron chi connectivity index (χ2n) is 5.84. The van der Waals surface area contributed by atoms with E-state index < -0.39 is 5.60 Å². The molecule has 0 aromatic heterocycles. The molecule has 98 valence electrons. The fourth-order valence-corrected chi connectivity index (χ4v) is 3.15. The van der Waals surface area contributed by atoms with E-state index in [1.54, 1.807) is 0 Å². The van der Waals surface area contributed by atoms with Crippen molar-refractivity contribution in [3.63, 3.8) is 0 Å². The summed E-state index contributed by atoms with van der Waals surface area (Å²) in [5, 5.41) is 10.6. The molecule has 2 aliphatic rings. The van der Waals surface area contributed by atoms with Gasteiger partial charge in [0, 0.05) is 19.1 Å². The molecule has 1 aliphatic carbocycles. The molecule has 1 heterocycles. The average molecular weight is 239 g/mol. The smallest absolute Gasteiger partial charge is 0.0774 e. The van der Waals surface area contributed by atoms with Crippen molar-refractivity contribution in [2.45, 2.75) is 44.8 Å². The van der Waals surface area contributed by atoms with Gasteiger partial charge in [0.1, 0.15) is 0 Å². The van der Waals surface area contributed by atoms with Crippen LogP contribution in [0.1, 0.15) is 33.1 Å². The highest BCUT2D eigenvalue weighted by Gasteiger charge is 2.41. The second-order valence-corrected chi connectivity index (χ2v) is 5.84. The van der Waals surface area contributed by atoms with Gasteiger partial charge in [-0.15, -0.1) is 0 Å². The molecule has 1 saturated carbocycles. The largest absolute Gasteiger partial charge is 0.389 e. The average Bonchev–Trinajstić information content (AvgIpc) is 2.29. The van der Waals surface area contributed by atoms with E-state index >= 15 is 0 Å². The lowest BCUT2D eigenvalue weighted by Gasteiger charge is -2.47. The summed E-state index contributed by atoms with van der Waals surface area (Å²) in [6.07, 6.45) is 3.00. The quantitative estimate of drug-likeness (QED) is 0.746. The number of ether oxygens (including phenoxy) is 1. The molecule has 2 rings (SSSR count). The van der Waals surface area contributed by atoms with E-state index in [1.807, 2.05) is 6.92 Å². The Morgan fingerprint density at radius 3 is 2.65 bits per heavy atom. The number of nitrogens with zero attached hydrogens (tertiary/aromatic N) is 1. The van der Waals surface area contributed by atoms with Gasteiger partial charge in [0.2, 0.25) is 0 Å². The molecule has 0 aromatic rings. The number of rotatable bonds is 2. The molecule has 3 heteroatoms. The minimum absolute atomic E-state index is 0.266. The Balaban J connectivity index is 2.06. The maximum absolute atomic E-state index is 10.6. The third kappa shape index (κ3) is 2.90. The predicted molar refractivity (Wildman–Crippen MR) is 69.0 cm³/mol. The maximum Gasteiger partial charge on any atom is 0.0774 e. The molecule has 1 N–H and O–H groups in total. The zero-order valence-corrected chi connectivity index (χ0v) is 11.1. The fraction of sp³-hybridized carbons (Fsp3) is 0.857. The van der Waals surface area contributed by atoms with E-state index in [1.165, 1.54) is 5.57 Å². The highest BCUT2D eigenvalue weighted by molar-refractivity contribution is 5.05. The van der Waals surface area contributed by atoms with E-state index in [4.69, 9.17) is 4.74 Å². The van der Waals surface area contributed by atoms with Crippen molar-refractivity contribution < 1.29 is 9.84 Å². The summed E-state index contributed by atoms with van der Waals surface area (Å²) in [5.74, 6) is 0.572. The SMILES string of the molecule is C=C(C)[C@H]1CC[C@@](C)(O)[C@H](N2CCOCC2)C1. The van der Waals surface area contributed by atoms with Gasteiger partial charge >= 0.3 is 0 Å². The summed E-state index contributed by atoms with van der Waals surface area (Å²) in [4.78, 5) is 2.40. The van der Waals surface area contributed by atoms with Crippen LogP contribution in [0.15, 0.2) is 12.2 Å². The Hall–Kier alpha value is -0.380. The zero-order valence-electron chi connectivity index (χ0n) is 11.1. The van der Waals surface area contributed by atoms with Crippen molar-refractivity contribution in [3.8, 4) is 0 Å². The van der Waals surface area contributed by atoms with Crippen molar-refractivity contribution in [1.29, 1.82) is 0 Å². The standard InChI is InChI=1S/C14H25NO2/c1-11(2)12-4-5-14(3,16)13(10-12)15-6-8-17-9-7-15/h12-13,16H,1,4-10H2,2-3H3/t12-,13+,14+/m0/s1. The van der Waals surface area contributed by atoms with Crippen molar-refractivity contribution >= 4 is 0 Å². The molecule has 2 fully saturated rings. The Labute approximate surface area is 104 Å². The molecule has 0 amide bonds. The number of aliphatic hydroxyl groups is 1. The Kier molecular flexibility index (Phi) is 3.91. The van der Waals surface area contributed by atoms with Crippen LogP contribution >= 0.6 is 0 Å². The summed E-state index contributed by atoms with van der Waals surface area (Å²) in [6, 6.07) is 0.266. The third-order valence-electron chi connectivity index (χ3n) is 4.41.